The van der Waals surface area contributed by atoms with Gasteiger partial charge < -0.3 is 4.90 Å². The Morgan fingerprint density at radius 3 is 1.86 bits per heavy atom. The van der Waals surface area contributed by atoms with Crippen molar-refractivity contribution in [2.24, 2.45) is 5.92 Å². The van der Waals surface area contributed by atoms with Crippen molar-refractivity contribution in [1.29, 1.82) is 0 Å². The molecule has 0 aromatic rings. The van der Waals surface area contributed by atoms with E-state index in [0.717, 1.165) is 5.92 Å². The van der Waals surface area contributed by atoms with Gasteiger partial charge in [-0.05, 0) is 26.7 Å². The first kappa shape index (κ1) is 12.0. The quantitative estimate of drug-likeness (QED) is 0.670. The maximum atomic E-state index is 2.59. The summed E-state index contributed by atoms with van der Waals surface area (Å²) in [5.74, 6) is 0.802. The van der Waals surface area contributed by atoms with Crippen LogP contribution in [0.2, 0.25) is 0 Å². The summed E-state index contributed by atoms with van der Waals surface area (Å²) in [5, 5.41) is 0. The van der Waals surface area contributed by atoms with Crippen molar-refractivity contribution in [3.05, 3.63) is 0 Å². The minimum atomic E-state index is 0.351. The summed E-state index contributed by atoms with van der Waals surface area (Å²) in [6, 6.07) is 0. The number of hydrogen-bond donors (Lipinski definition) is 0. The van der Waals surface area contributed by atoms with Gasteiger partial charge in [0.1, 0.15) is 0 Å². The van der Waals surface area contributed by atoms with Crippen molar-refractivity contribution in [3.63, 3.8) is 0 Å². The highest BCUT2D eigenvalue weighted by molar-refractivity contribution is 4.81. The van der Waals surface area contributed by atoms with Crippen LogP contribution in [0.15, 0.2) is 0 Å². The minimum Gasteiger partial charge on any atom is -0.301 e. The third kappa shape index (κ3) is 3.58. The third-order valence-electron chi connectivity index (χ3n) is 2.94. The molecule has 0 amide bonds. The van der Waals surface area contributed by atoms with Crippen LogP contribution in [0.4, 0.5) is 0 Å². The lowest BCUT2D eigenvalue weighted by Crippen LogP contribution is -2.53. The molecule has 0 unspecified atom stereocenters. The van der Waals surface area contributed by atoms with Crippen LogP contribution in [0.3, 0.4) is 0 Å². The van der Waals surface area contributed by atoms with Crippen LogP contribution >= 0.6 is 0 Å². The highest BCUT2D eigenvalue weighted by atomic mass is 15.3. The van der Waals surface area contributed by atoms with E-state index in [4.69, 9.17) is 0 Å². The van der Waals surface area contributed by atoms with Crippen molar-refractivity contribution in [3.8, 4) is 0 Å². The number of nitrogens with zero attached hydrogens (tertiary/aromatic N) is 2. The molecule has 2 heteroatoms. The van der Waals surface area contributed by atoms with E-state index in [1.165, 1.54) is 32.7 Å². The van der Waals surface area contributed by atoms with Crippen LogP contribution in [-0.2, 0) is 0 Å². The number of piperazine rings is 1. The molecule has 0 saturated carbocycles. The average Bonchev–Trinajstić information content (AvgIpc) is 2.02. The zero-order valence-electron chi connectivity index (χ0n) is 10.5. The van der Waals surface area contributed by atoms with E-state index >= 15 is 0 Å². The second kappa shape index (κ2) is 4.63. The Morgan fingerprint density at radius 1 is 1.00 bits per heavy atom. The fourth-order valence-corrected chi connectivity index (χ4v) is 2.12. The second-order valence-corrected chi connectivity index (χ2v) is 5.85. The van der Waals surface area contributed by atoms with Crippen molar-refractivity contribution >= 4 is 0 Å². The van der Waals surface area contributed by atoms with Crippen LogP contribution < -0.4 is 0 Å². The molecule has 0 N–H and O–H groups in total. The summed E-state index contributed by atoms with van der Waals surface area (Å²) in [5.41, 5.74) is 0.351. The molecule has 1 fully saturated rings. The Morgan fingerprint density at radius 2 is 1.50 bits per heavy atom. The lowest BCUT2D eigenvalue weighted by molar-refractivity contribution is 0.0575. The molecule has 0 aromatic carbocycles. The molecule has 1 heterocycles. The Balaban J connectivity index is 2.31. The van der Waals surface area contributed by atoms with E-state index in [1.807, 2.05) is 0 Å². The zero-order valence-corrected chi connectivity index (χ0v) is 10.5. The molecule has 0 aliphatic carbocycles. The lowest BCUT2D eigenvalue weighted by Gasteiger charge is -2.42. The van der Waals surface area contributed by atoms with Gasteiger partial charge in [0.05, 0.1) is 0 Å². The topological polar surface area (TPSA) is 6.48 Å². The molecule has 1 aliphatic heterocycles. The molecule has 0 bridgehead atoms. The van der Waals surface area contributed by atoms with Crippen LogP contribution in [0, 0.1) is 5.92 Å². The molecule has 1 aliphatic rings. The summed E-state index contributed by atoms with van der Waals surface area (Å²) < 4.78 is 0. The van der Waals surface area contributed by atoms with E-state index in [9.17, 15) is 0 Å². The van der Waals surface area contributed by atoms with Gasteiger partial charge in [-0.2, -0.15) is 0 Å². The molecule has 0 radical (unpaired) electrons. The Hall–Kier alpha value is -0.0800. The standard InChI is InChI=1S/C12H26N2/c1-11(2)10-13-6-8-14(9-7-13)12(3,4)5/h11H,6-10H2,1-5H3. The maximum Gasteiger partial charge on any atom is 0.0126 e. The normalized spacial score (nSPS) is 21.9. The molecule has 84 valence electrons. The van der Waals surface area contributed by atoms with E-state index < -0.39 is 0 Å². The summed E-state index contributed by atoms with van der Waals surface area (Å²) in [6.45, 7) is 17.8. The van der Waals surface area contributed by atoms with Crippen LogP contribution in [0.5, 0.6) is 0 Å². The molecule has 0 atom stereocenters. The average molecular weight is 198 g/mol. The van der Waals surface area contributed by atoms with Crippen molar-refractivity contribution in [2.75, 3.05) is 32.7 Å². The molecule has 0 aromatic heterocycles. The van der Waals surface area contributed by atoms with Gasteiger partial charge in [-0.15, -0.1) is 0 Å². The number of rotatable bonds is 2. The summed E-state index contributed by atoms with van der Waals surface area (Å²) in [6.07, 6.45) is 0. The maximum absolute atomic E-state index is 2.59. The summed E-state index contributed by atoms with van der Waals surface area (Å²) >= 11 is 0. The molecule has 14 heavy (non-hydrogen) atoms. The zero-order chi connectivity index (χ0) is 10.8. The van der Waals surface area contributed by atoms with Gasteiger partial charge in [-0.3, -0.25) is 4.90 Å². The first-order chi connectivity index (χ1) is 6.39. The van der Waals surface area contributed by atoms with Gasteiger partial charge in [0.2, 0.25) is 0 Å². The fourth-order valence-electron chi connectivity index (χ4n) is 2.12. The van der Waals surface area contributed by atoms with Gasteiger partial charge in [0.15, 0.2) is 0 Å². The minimum absolute atomic E-state index is 0.351. The van der Waals surface area contributed by atoms with Crippen LogP contribution in [-0.4, -0.2) is 48.1 Å². The molecule has 0 spiro atoms. The first-order valence-corrected chi connectivity index (χ1v) is 5.87. The predicted octanol–water partition coefficient (Wildman–Crippen LogP) is 2.06. The van der Waals surface area contributed by atoms with Gasteiger partial charge in [0.25, 0.3) is 0 Å². The highest BCUT2D eigenvalue weighted by Gasteiger charge is 2.25. The first-order valence-electron chi connectivity index (χ1n) is 5.87. The van der Waals surface area contributed by atoms with E-state index in [0.29, 0.717) is 5.54 Å². The molecular formula is C12H26N2. The van der Waals surface area contributed by atoms with Crippen LogP contribution in [0.1, 0.15) is 34.6 Å². The van der Waals surface area contributed by atoms with Crippen molar-refractivity contribution in [2.45, 2.75) is 40.2 Å². The Bertz CT molecular complexity index is 162. The Labute approximate surface area is 89.3 Å². The van der Waals surface area contributed by atoms with Crippen LogP contribution in [0.25, 0.3) is 0 Å². The second-order valence-electron chi connectivity index (χ2n) is 5.85. The third-order valence-corrected chi connectivity index (χ3v) is 2.94. The lowest BCUT2D eigenvalue weighted by atomic mass is 10.0. The number of hydrogen-bond acceptors (Lipinski definition) is 2. The van der Waals surface area contributed by atoms with E-state index in [1.54, 1.807) is 0 Å². The summed E-state index contributed by atoms with van der Waals surface area (Å²) in [4.78, 5) is 5.18. The van der Waals surface area contributed by atoms with Crippen molar-refractivity contribution < 1.29 is 0 Å². The monoisotopic (exact) mass is 198 g/mol. The van der Waals surface area contributed by atoms with E-state index in [2.05, 4.69) is 44.4 Å². The van der Waals surface area contributed by atoms with Gasteiger partial charge in [-0.1, -0.05) is 13.8 Å². The fraction of sp³-hybridized carbons (Fsp3) is 1.00. The summed E-state index contributed by atoms with van der Waals surface area (Å²) in [7, 11) is 0. The molecule has 1 saturated heterocycles. The van der Waals surface area contributed by atoms with Gasteiger partial charge in [0, 0.05) is 38.3 Å². The SMILES string of the molecule is CC(C)CN1CCN(C(C)(C)C)CC1. The largest absolute Gasteiger partial charge is 0.301 e. The smallest absolute Gasteiger partial charge is 0.0126 e. The van der Waals surface area contributed by atoms with E-state index in [-0.39, 0.29) is 0 Å². The highest BCUT2D eigenvalue weighted by Crippen LogP contribution is 2.16. The van der Waals surface area contributed by atoms with Gasteiger partial charge in [-0.25, -0.2) is 0 Å². The Kier molecular flexibility index (Phi) is 3.96. The van der Waals surface area contributed by atoms with Crippen molar-refractivity contribution in [1.82, 2.24) is 9.80 Å². The molecular weight excluding hydrogens is 172 g/mol. The predicted molar refractivity (Wildman–Crippen MR) is 62.6 cm³/mol. The van der Waals surface area contributed by atoms with Gasteiger partial charge >= 0.3 is 0 Å². The molecule has 1 rings (SSSR count). The molecule has 2 nitrogen and oxygen atoms in total.